The molecule has 0 aromatic carbocycles. The van der Waals surface area contributed by atoms with Crippen molar-refractivity contribution in [3.63, 3.8) is 0 Å². The number of aliphatic carboxylic acids is 1. The molecule has 0 aromatic heterocycles. The Bertz CT molecular complexity index is 315. The van der Waals surface area contributed by atoms with Gasteiger partial charge in [0, 0.05) is 11.3 Å². The van der Waals surface area contributed by atoms with Gasteiger partial charge in [-0.3, -0.25) is 0 Å². The number of carboxylic acids is 1. The molecule has 0 amide bonds. The van der Waals surface area contributed by atoms with Crippen LogP contribution in [0.2, 0.25) is 0 Å². The fourth-order valence-electron chi connectivity index (χ4n) is 3.01. The van der Waals surface area contributed by atoms with Crippen molar-refractivity contribution in [3.8, 4) is 0 Å². The van der Waals surface area contributed by atoms with Gasteiger partial charge in [0.2, 0.25) is 0 Å². The first kappa shape index (κ1) is 24.6. The summed E-state index contributed by atoms with van der Waals surface area (Å²) < 4.78 is 0. The smallest absolute Gasteiger partial charge is 0.331 e. The van der Waals surface area contributed by atoms with Gasteiger partial charge in [0.15, 0.2) is 0 Å². The molecule has 0 saturated heterocycles. The van der Waals surface area contributed by atoms with E-state index < -0.39 is 5.97 Å². The van der Waals surface area contributed by atoms with Crippen LogP contribution in [0.1, 0.15) is 110 Å². The van der Waals surface area contributed by atoms with Crippen molar-refractivity contribution in [2.75, 3.05) is 11.5 Å². The molecule has 0 aliphatic carbocycles. The second-order valence-electron chi connectivity index (χ2n) is 7.26. The van der Waals surface area contributed by atoms with Crippen LogP contribution in [-0.2, 0) is 4.79 Å². The van der Waals surface area contributed by atoms with Gasteiger partial charge in [-0.05, 0) is 12.2 Å². The quantitative estimate of drug-likeness (QED) is 0.177. The van der Waals surface area contributed by atoms with Gasteiger partial charge < -0.3 is 5.11 Å². The fraction of sp³-hybridized carbons (Fsp3) is 0.864. The number of hydrogen-bond donors (Lipinski definition) is 1. The predicted molar refractivity (Wildman–Crippen MR) is 114 cm³/mol. The van der Waals surface area contributed by atoms with Crippen molar-refractivity contribution in [3.05, 3.63) is 12.2 Å². The van der Waals surface area contributed by atoms with Gasteiger partial charge in [-0.15, -0.1) is 0 Å². The number of unbranched alkanes of at least 4 members (excludes halogenated alkanes) is 15. The number of carbonyl (C=O) groups is 1. The molecule has 0 fully saturated rings. The molecule has 0 aliphatic rings. The number of thioether (sulfide) groups is 1. The van der Waals surface area contributed by atoms with Crippen LogP contribution >= 0.6 is 11.8 Å². The summed E-state index contributed by atoms with van der Waals surface area (Å²) in [4.78, 5) is 10.6. The minimum atomic E-state index is -0.862. The molecule has 0 unspecified atom stereocenters. The third kappa shape index (κ3) is 19.7. The highest BCUT2D eigenvalue weighted by atomic mass is 32.2. The Labute approximate surface area is 161 Å². The average Bonchev–Trinajstić information content (AvgIpc) is 2.60. The van der Waals surface area contributed by atoms with Gasteiger partial charge >= 0.3 is 5.97 Å². The standard InChI is InChI=1S/C22H42O2S/c1-3-4-5-6-7-8-9-10-11-12-13-14-15-16-17-18-19-25-20-21(2)22(23)24/h2-20H2,1H3,(H,23,24). The zero-order chi connectivity index (χ0) is 18.6. The van der Waals surface area contributed by atoms with Crippen LogP contribution < -0.4 is 0 Å². The molecule has 25 heavy (non-hydrogen) atoms. The van der Waals surface area contributed by atoms with E-state index in [0.717, 1.165) is 5.75 Å². The Balaban J connectivity index is 3.05. The maximum Gasteiger partial charge on any atom is 0.331 e. The van der Waals surface area contributed by atoms with Crippen LogP contribution in [-0.4, -0.2) is 22.6 Å². The number of carboxylic acid groups (broad SMARTS) is 1. The molecule has 2 nitrogen and oxygen atoms in total. The molecule has 0 rings (SSSR count). The highest BCUT2D eigenvalue weighted by Crippen LogP contribution is 2.15. The first-order valence-corrected chi connectivity index (χ1v) is 11.8. The van der Waals surface area contributed by atoms with Gasteiger partial charge in [0.05, 0.1) is 0 Å². The summed E-state index contributed by atoms with van der Waals surface area (Å²) >= 11 is 1.70. The van der Waals surface area contributed by atoms with Gasteiger partial charge in [0.25, 0.3) is 0 Å². The Morgan fingerprint density at radius 1 is 0.720 bits per heavy atom. The van der Waals surface area contributed by atoms with Crippen molar-refractivity contribution in [2.24, 2.45) is 0 Å². The molecule has 0 bridgehead atoms. The van der Waals surface area contributed by atoms with E-state index >= 15 is 0 Å². The lowest BCUT2D eigenvalue weighted by molar-refractivity contribution is -0.132. The summed E-state index contributed by atoms with van der Waals surface area (Å²) in [5, 5.41) is 8.71. The minimum absolute atomic E-state index is 0.321. The fourth-order valence-corrected chi connectivity index (χ4v) is 3.93. The lowest BCUT2D eigenvalue weighted by Gasteiger charge is -2.04. The first-order chi connectivity index (χ1) is 12.2. The SMILES string of the molecule is C=C(CSCCCCCCCCCCCCCCCCCC)C(=O)O. The molecule has 1 N–H and O–H groups in total. The summed E-state index contributed by atoms with van der Waals surface area (Å²) in [6, 6.07) is 0. The minimum Gasteiger partial charge on any atom is -0.478 e. The van der Waals surface area contributed by atoms with E-state index in [2.05, 4.69) is 13.5 Å². The van der Waals surface area contributed by atoms with Crippen molar-refractivity contribution < 1.29 is 9.90 Å². The van der Waals surface area contributed by atoms with Crippen molar-refractivity contribution in [1.29, 1.82) is 0 Å². The van der Waals surface area contributed by atoms with Crippen molar-refractivity contribution in [2.45, 2.75) is 110 Å². The summed E-state index contributed by atoms with van der Waals surface area (Å²) in [5.74, 6) is 0.762. The van der Waals surface area contributed by atoms with Crippen LogP contribution in [0.3, 0.4) is 0 Å². The summed E-state index contributed by atoms with van der Waals surface area (Å²) in [5.41, 5.74) is 0.321. The Hall–Kier alpha value is -0.440. The monoisotopic (exact) mass is 370 g/mol. The van der Waals surface area contributed by atoms with E-state index in [1.54, 1.807) is 11.8 Å². The van der Waals surface area contributed by atoms with E-state index in [-0.39, 0.29) is 0 Å². The molecule has 0 radical (unpaired) electrons. The van der Waals surface area contributed by atoms with E-state index in [1.807, 2.05) is 0 Å². The maximum atomic E-state index is 10.6. The van der Waals surface area contributed by atoms with E-state index in [4.69, 9.17) is 5.11 Å². The van der Waals surface area contributed by atoms with Crippen LogP contribution in [0.25, 0.3) is 0 Å². The van der Waals surface area contributed by atoms with Gasteiger partial charge in [0.1, 0.15) is 0 Å². The average molecular weight is 371 g/mol. The molecule has 0 aromatic rings. The summed E-state index contributed by atoms with van der Waals surface area (Å²) in [7, 11) is 0. The van der Waals surface area contributed by atoms with Crippen LogP contribution in [0.5, 0.6) is 0 Å². The third-order valence-corrected chi connectivity index (χ3v) is 5.85. The lowest BCUT2D eigenvalue weighted by atomic mass is 10.0. The van der Waals surface area contributed by atoms with Crippen LogP contribution in [0.4, 0.5) is 0 Å². The van der Waals surface area contributed by atoms with E-state index in [1.165, 1.54) is 103 Å². The predicted octanol–water partition coefficient (Wildman–Crippen LogP) is 7.62. The second-order valence-corrected chi connectivity index (χ2v) is 8.37. The highest BCUT2D eigenvalue weighted by molar-refractivity contribution is 7.99. The third-order valence-electron chi connectivity index (χ3n) is 4.72. The molecule has 3 heteroatoms. The first-order valence-electron chi connectivity index (χ1n) is 10.7. The second kappa shape index (κ2) is 19.9. The number of rotatable bonds is 20. The van der Waals surface area contributed by atoms with E-state index in [0.29, 0.717) is 11.3 Å². The van der Waals surface area contributed by atoms with Gasteiger partial charge in [-0.1, -0.05) is 110 Å². The molecule has 0 atom stereocenters. The van der Waals surface area contributed by atoms with E-state index in [9.17, 15) is 4.79 Å². The largest absolute Gasteiger partial charge is 0.478 e. The molecule has 0 aliphatic heterocycles. The maximum absolute atomic E-state index is 10.6. The Kier molecular flexibility index (Phi) is 19.5. The molecule has 0 heterocycles. The Morgan fingerprint density at radius 3 is 1.44 bits per heavy atom. The van der Waals surface area contributed by atoms with Crippen molar-refractivity contribution in [1.82, 2.24) is 0 Å². The molecular weight excluding hydrogens is 328 g/mol. The number of hydrogen-bond acceptors (Lipinski definition) is 2. The van der Waals surface area contributed by atoms with Gasteiger partial charge in [-0.2, -0.15) is 11.8 Å². The topological polar surface area (TPSA) is 37.3 Å². The zero-order valence-corrected chi connectivity index (χ0v) is 17.5. The highest BCUT2D eigenvalue weighted by Gasteiger charge is 2.02. The Morgan fingerprint density at radius 2 is 1.08 bits per heavy atom. The lowest BCUT2D eigenvalue weighted by Crippen LogP contribution is -2.01. The van der Waals surface area contributed by atoms with Gasteiger partial charge in [-0.25, -0.2) is 4.79 Å². The normalized spacial score (nSPS) is 10.9. The molecular formula is C22H42O2S. The summed E-state index contributed by atoms with van der Waals surface area (Å²) in [6.07, 6.45) is 22.2. The van der Waals surface area contributed by atoms with Crippen LogP contribution in [0, 0.1) is 0 Å². The van der Waals surface area contributed by atoms with Crippen LogP contribution in [0.15, 0.2) is 12.2 Å². The summed E-state index contributed by atoms with van der Waals surface area (Å²) in [6.45, 7) is 5.83. The molecule has 148 valence electrons. The molecule has 0 saturated carbocycles. The molecule has 0 spiro atoms. The van der Waals surface area contributed by atoms with Crippen molar-refractivity contribution >= 4 is 17.7 Å². The zero-order valence-electron chi connectivity index (χ0n) is 16.7.